The lowest BCUT2D eigenvalue weighted by Crippen LogP contribution is -2.26. The first kappa shape index (κ1) is 14.0. The Hall–Kier alpha value is -2.67. The highest BCUT2D eigenvalue weighted by Gasteiger charge is 2.17. The number of hydrogen-bond acceptors (Lipinski definition) is 4. The van der Waals surface area contributed by atoms with Gasteiger partial charge < -0.3 is 10.1 Å². The number of imidazole rings is 1. The fraction of sp³-hybridized carbons (Fsp3) is 0.312. The largest absolute Gasteiger partial charge is 0.389 e. The van der Waals surface area contributed by atoms with Crippen molar-refractivity contribution in [1.82, 2.24) is 29.1 Å². The van der Waals surface area contributed by atoms with Crippen molar-refractivity contribution in [3.05, 3.63) is 36.7 Å². The fourth-order valence-corrected chi connectivity index (χ4v) is 2.92. The Morgan fingerprint density at radius 3 is 2.87 bits per heavy atom. The molecule has 23 heavy (non-hydrogen) atoms. The van der Waals surface area contributed by atoms with Gasteiger partial charge in [-0.15, -0.1) is 0 Å². The molecule has 0 radical (unpaired) electrons. The van der Waals surface area contributed by atoms with Crippen LogP contribution in [0.3, 0.4) is 0 Å². The van der Waals surface area contributed by atoms with E-state index in [1.165, 1.54) is 0 Å². The number of aliphatic hydroxyl groups is 1. The van der Waals surface area contributed by atoms with E-state index in [4.69, 9.17) is 4.98 Å². The van der Waals surface area contributed by atoms with Gasteiger partial charge >= 0.3 is 0 Å². The van der Waals surface area contributed by atoms with Crippen molar-refractivity contribution in [3.8, 4) is 11.3 Å². The van der Waals surface area contributed by atoms with Crippen molar-refractivity contribution in [2.24, 2.45) is 0 Å². The van der Waals surface area contributed by atoms with Crippen LogP contribution >= 0.6 is 0 Å². The molecule has 0 aliphatic rings. The van der Waals surface area contributed by atoms with E-state index >= 15 is 0 Å². The zero-order valence-electron chi connectivity index (χ0n) is 13.3. The summed E-state index contributed by atoms with van der Waals surface area (Å²) in [6.07, 6.45) is 7.37. The first-order valence-corrected chi connectivity index (χ1v) is 7.49. The van der Waals surface area contributed by atoms with Gasteiger partial charge in [-0.05, 0) is 26.8 Å². The molecule has 0 saturated heterocycles. The molecule has 4 aromatic rings. The number of aryl methyl sites for hydroxylation is 1. The van der Waals surface area contributed by atoms with Crippen LogP contribution in [-0.2, 0) is 6.54 Å². The normalized spacial score (nSPS) is 12.5. The van der Waals surface area contributed by atoms with E-state index in [2.05, 4.69) is 19.5 Å². The number of aromatic nitrogens is 6. The van der Waals surface area contributed by atoms with Gasteiger partial charge in [0.15, 0.2) is 5.65 Å². The van der Waals surface area contributed by atoms with E-state index < -0.39 is 5.60 Å². The van der Waals surface area contributed by atoms with E-state index in [9.17, 15) is 5.11 Å². The van der Waals surface area contributed by atoms with E-state index in [1.54, 1.807) is 24.7 Å². The summed E-state index contributed by atoms with van der Waals surface area (Å²) in [7, 11) is 0. The molecule has 4 rings (SSSR count). The monoisotopic (exact) mass is 310 g/mol. The Kier molecular flexibility index (Phi) is 2.83. The molecule has 0 aliphatic heterocycles. The molecule has 0 amide bonds. The molecule has 118 valence electrons. The predicted octanol–water partition coefficient (Wildman–Crippen LogP) is 2.15. The minimum atomic E-state index is -0.811. The number of nitrogens with zero attached hydrogens (tertiary/aromatic N) is 5. The first-order chi connectivity index (χ1) is 10.9. The van der Waals surface area contributed by atoms with Crippen LogP contribution in [0.25, 0.3) is 27.9 Å². The zero-order chi connectivity index (χ0) is 16.2. The van der Waals surface area contributed by atoms with Crippen LogP contribution in [-0.4, -0.2) is 39.8 Å². The van der Waals surface area contributed by atoms with Crippen molar-refractivity contribution >= 4 is 16.7 Å². The highest BCUT2D eigenvalue weighted by molar-refractivity contribution is 5.83. The second kappa shape index (κ2) is 4.66. The number of fused-ring (bicyclic) bond motifs is 3. The van der Waals surface area contributed by atoms with Gasteiger partial charge in [0, 0.05) is 18.0 Å². The third-order valence-corrected chi connectivity index (χ3v) is 3.80. The van der Waals surface area contributed by atoms with E-state index in [1.807, 2.05) is 31.6 Å². The van der Waals surface area contributed by atoms with E-state index in [-0.39, 0.29) is 0 Å². The molecule has 0 fully saturated rings. The summed E-state index contributed by atoms with van der Waals surface area (Å²) < 4.78 is 3.82. The van der Waals surface area contributed by atoms with Gasteiger partial charge in [-0.25, -0.2) is 9.97 Å². The average Bonchev–Trinajstić information content (AvgIpc) is 3.14. The van der Waals surface area contributed by atoms with Crippen molar-refractivity contribution in [2.45, 2.75) is 32.9 Å². The maximum atomic E-state index is 9.93. The molecule has 0 aromatic carbocycles. The Balaban J connectivity index is 1.86. The maximum absolute atomic E-state index is 9.93. The van der Waals surface area contributed by atoms with Crippen LogP contribution in [0.2, 0.25) is 0 Å². The van der Waals surface area contributed by atoms with Crippen molar-refractivity contribution < 1.29 is 5.11 Å². The summed E-state index contributed by atoms with van der Waals surface area (Å²) in [5, 5.41) is 14.3. The van der Waals surface area contributed by atoms with Crippen molar-refractivity contribution in [1.29, 1.82) is 0 Å². The van der Waals surface area contributed by atoms with Crippen LogP contribution in [0, 0.1) is 6.92 Å². The molecular weight excluding hydrogens is 292 g/mol. The average molecular weight is 310 g/mol. The minimum Gasteiger partial charge on any atom is -0.389 e. The topological polar surface area (TPSA) is 84.0 Å². The number of rotatable bonds is 3. The van der Waals surface area contributed by atoms with E-state index in [0.29, 0.717) is 6.54 Å². The maximum Gasteiger partial charge on any atom is 0.154 e. The molecule has 0 aliphatic carbocycles. The molecule has 4 heterocycles. The summed E-state index contributed by atoms with van der Waals surface area (Å²) in [6.45, 7) is 5.93. The van der Waals surface area contributed by atoms with Crippen LogP contribution in [0.5, 0.6) is 0 Å². The molecule has 0 unspecified atom stereocenters. The summed E-state index contributed by atoms with van der Waals surface area (Å²) in [5.74, 6) is 0.900. The molecule has 0 saturated carbocycles. The Bertz CT molecular complexity index is 1000. The van der Waals surface area contributed by atoms with Gasteiger partial charge in [0.2, 0.25) is 0 Å². The smallest absolute Gasteiger partial charge is 0.154 e. The highest BCUT2D eigenvalue weighted by Crippen LogP contribution is 2.27. The molecular formula is C16H18N6O. The van der Waals surface area contributed by atoms with Crippen LogP contribution < -0.4 is 0 Å². The lowest BCUT2D eigenvalue weighted by molar-refractivity contribution is 0.0577. The molecule has 0 atom stereocenters. The lowest BCUT2D eigenvalue weighted by Gasteiger charge is -2.16. The van der Waals surface area contributed by atoms with Crippen LogP contribution in [0.4, 0.5) is 0 Å². The zero-order valence-corrected chi connectivity index (χ0v) is 13.3. The first-order valence-electron chi connectivity index (χ1n) is 7.49. The number of hydrogen-bond donors (Lipinski definition) is 2. The Morgan fingerprint density at radius 2 is 2.09 bits per heavy atom. The van der Waals surface area contributed by atoms with Gasteiger partial charge in [0.25, 0.3) is 0 Å². The van der Waals surface area contributed by atoms with Crippen LogP contribution in [0.15, 0.2) is 30.9 Å². The molecule has 7 heteroatoms. The van der Waals surface area contributed by atoms with E-state index in [0.717, 1.165) is 33.8 Å². The summed E-state index contributed by atoms with van der Waals surface area (Å²) >= 11 is 0. The molecule has 7 nitrogen and oxygen atoms in total. The summed E-state index contributed by atoms with van der Waals surface area (Å²) in [5.41, 5.74) is 3.73. The van der Waals surface area contributed by atoms with Crippen molar-refractivity contribution in [3.63, 3.8) is 0 Å². The second-order valence-electron chi connectivity index (χ2n) is 6.44. The molecule has 4 aromatic heterocycles. The van der Waals surface area contributed by atoms with Gasteiger partial charge in [-0.2, -0.15) is 5.10 Å². The lowest BCUT2D eigenvalue weighted by atomic mass is 10.1. The molecule has 2 N–H and O–H groups in total. The summed E-state index contributed by atoms with van der Waals surface area (Å²) in [6, 6.07) is 1.99. The van der Waals surface area contributed by atoms with Crippen LogP contribution in [0.1, 0.15) is 19.7 Å². The molecule has 0 spiro atoms. The van der Waals surface area contributed by atoms with Gasteiger partial charge in [0.1, 0.15) is 11.5 Å². The third kappa shape index (κ3) is 2.29. The van der Waals surface area contributed by atoms with Gasteiger partial charge in [-0.3, -0.25) is 9.08 Å². The second-order valence-corrected chi connectivity index (χ2v) is 6.44. The predicted molar refractivity (Wildman–Crippen MR) is 87.1 cm³/mol. The number of H-pyrrole nitrogens is 1. The highest BCUT2D eigenvalue weighted by atomic mass is 16.3. The summed E-state index contributed by atoms with van der Waals surface area (Å²) in [4.78, 5) is 12.3. The minimum absolute atomic E-state index is 0.429. The molecule has 0 bridgehead atoms. The fourth-order valence-electron chi connectivity index (χ4n) is 2.92. The quantitative estimate of drug-likeness (QED) is 0.607. The SMILES string of the molecule is Cc1nc(-c2cnn(CC(C)(C)O)c2)c2cnc3[nH]ccc3n12. The Labute approximate surface area is 132 Å². The van der Waals surface area contributed by atoms with Crippen molar-refractivity contribution in [2.75, 3.05) is 0 Å². The third-order valence-electron chi connectivity index (χ3n) is 3.80. The van der Waals surface area contributed by atoms with Gasteiger partial charge in [-0.1, -0.05) is 0 Å². The number of nitrogens with one attached hydrogen (secondary N) is 1. The Morgan fingerprint density at radius 1 is 1.26 bits per heavy atom. The van der Waals surface area contributed by atoms with Gasteiger partial charge in [0.05, 0.1) is 35.6 Å². The standard InChI is InChI=1S/C16H18N6O/c1-10-20-14(11-6-19-21(8-11)9-16(2,3)23)13-7-18-15-12(22(10)13)4-5-17-15/h4-8,17,23H,9H2,1-3H3. The number of aromatic amines is 1.